The van der Waals surface area contributed by atoms with Gasteiger partial charge in [0.05, 0.1) is 0 Å². The van der Waals surface area contributed by atoms with Crippen LogP contribution >= 0.6 is 0 Å². The molecular formula is C7H8F2O. The molecule has 0 aromatic rings. The van der Waals surface area contributed by atoms with Crippen molar-refractivity contribution in [2.45, 2.75) is 6.61 Å². The zero-order chi connectivity index (χ0) is 7.98. The third-order valence-electron chi connectivity index (χ3n) is 0.708. The van der Waals surface area contributed by atoms with Crippen LogP contribution in [0.15, 0.2) is 37.1 Å². The molecule has 3 heteroatoms. The van der Waals surface area contributed by atoms with Crippen molar-refractivity contribution in [2.75, 3.05) is 0 Å². The number of allylic oxidation sites excluding steroid dienone is 3. The maximum Gasteiger partial charge on any atom is 0.387 e. The minimum absolute atomic E-state index is 0.0185. The Morgan fingerprint density at radius 3 is 2.30 bits per heavy atom. The minimum Gasteiger partial charge on any atom is -0.435 e. The van der Waals surface area contributed by atoms with Crippen LogP contribution in [-0.2, 0) is 4.74 Å². The summed E-state index contributed by atoms with van der Waals surface area (Å²) in [5, 5.41) is 0. The first-order valence-corrected chi connectivity index (χ1v) is 2.60. The van der Waals surface area contributed by atoms with Crippen molar-refractivity contribution in [1.82, 2.24) is 0 Å². The van der Waals surface area contributed by atoms with Crippen molar-refractivity contribution < 1.29 is 13.5 Å². The largest absolute Gasteiger partial charge is 0.435 e. The number of ether oxygens (including phenoxy) is 1. The van der Waals surface area contributed by atoms with E-state index in [2.05, 4.69) is 17.9 Å². The third kappa shape index (κ3) is 3.83. The molecule has 10 heavy (non-hydrogen) atoms. The van der Waals surface area contributed by atoms with E-state index in [-0.39, 0.29) is 5.76 Å². The highest BCUT2D eigenvalue weighted by Crippen LogP contribution is 2.05. The van der Waals surface area contributed by atoms with E-state index in [1.165, 1.54) is 18.2 Å². The van der Waals surface area contributed by atoms with E-state index in [1.54, 1.807) is 0 Å². The monoisotopic (exact) mass is 146 g/mol. The Morgan fingerprint density at radius 1 is 1.40 bits per heavy atom. The van der Waals surface area contributed by atoms with Gasteiger partial charge in [-0.3, -0.25) is 0 Å². The summed E-state index contributed by atoms with van der Waals surface area (Å²) in [6.07, 6.45) is 3.84. The fourth-order valence-corrected chi connectivity index (χ4v) is 0.374. The lowest BCUT2D eigenvalue weighted by Crippen LogP contribution is -1.96. The zero-order valence-corrected chi connectivity index (χ0v) is 5.39. The highest BCUT2D eigenvalue weighted by molar-refractivity contribution is 5.14. The number of halogens is 2. The quantitative estimate of drug-likeness (QED) is 0.437. The van der Waals surface area contributed by atoms with Crippen molar-refractivity contribution in [3.8, 4) is 0 Å². The Hall–Kier alpha value is -1.12. The molecule has 56 valence electrons. The summed E-state index contributed by atoms with van der Waals surface area (Å²) in [5.41, 5.74) is 0. The molecule has 0 amide bonds. The Kier molecular flexibility index (Phi) is 4.20. The maximum absolute atomic E-state index is 11.5. The lowest BCUT2D eigenvalue weighted by Gasteiger charge is -2.02. The molecule has 0 saturated heterocycles. The first-order valence-electron chi connectivity index (χ1n) is 2.60. The molecule has 0 spiro atoms. The second-order valence-corrected chi connectivity index (χ2v) is 1.39. The van der Waals surface area contributed by atoms with E-state index >= 15 is 0 Å². The second kappa shape index (κ2) is 4.73. The van der Waals surface area contributed by atoms with E-state index in [4.69, 9.17) is 0 Å². The highest BCUT2D eigenvalue weighted by atomic mass is 19.3. The fourth-order valence-electron chi connectivity index (χ4n) is 0.374. The van der Waals surface area contributed by atoms with E-state index in [0.29, 0.717) is 0 Å². The van der Waals surface area contributed by atoms with Gasteiger partial charge in [-0.2, -0.15) is 8.78 Å². The summed E-state index contributed by atoms with van der Waals surface area (Å²) in [6, 6.07) is 0. The molecule has 0 fully saturated rings. The van der Waals surface area contributed by atoms with Crippen LogP contribution in [0.5, 0.6) is 0 Å². The molecule has 1 nitrogen and oxygen atoms in total. The third-order valence-corrected chi connectivity index (χ3v) is 0.708. The topological polar surface area (TPSA) is 9.23 Å². The van der Waals surface area contributed by atoms with Gasteiger partial charge in [0.15, 0.2) is 0 Å². The van der Waals surface area contributed by atoms with Crippen LogP contribution in [0.2, 0.25) is 0 Å². The zero-order valence-electron chi connectivity index (χ0n) is 5.39. The Morgan fingerprint density at radius 2 is 2.00 bits per heavy atom. The number of hydrogen-bond acceptors (Lipinski definition) is 1. The molecule has 0 rings (SSSR count). The Balaban J connectivity index is 3.95. The van der Waals surface area contributed by atoms with Crippen LogP contribution < -0.4 is 0 Å². The van der Waals surface area contributed by atoms with Crippen molar-refractivity contribution in [2.24, 2.45) is 0 Å². The SMILES string of the molecule is C=C/C=C(\C=C)OC(F)F. The molecule has 0 atom stereocenters. The van der Waals surface area contributed by atoms with E-state index in [1.807, 2.05) is 0 Å². The van der Waals surface area contributed by atoms with Crippen LogP contribution in [0.3, 0.4) is 0 Å². The van der Waals surface area contributed by atoms with Gasteiger partial charge >= 0.3 is 6.61 Å². The van der Waals surface area contributed by atoms with Gasteiger partial charge in [0.25, 0.3) is 0 Å². The van der Waals surface area contributed by atoms with Crippen LogP contribution in [-0.4, -0.2) is 6.61 Å². The van der Waals surface area contributed by atoms with Crippen LogP contribution in [0, 0.1) is 0 Å². The molecule has 0 aromatic heterocycles. The van der Waals surface area contributed by atoms with Gasteiger partial charge in [-0.25, -0.2) is 0 Å². The Labute approximate surface area is 58.3 Å². The number of alkyl halides is 2. The summed E-state index contributed by atoms with van der Waals surface area (Å²) in [4.78, 5) is 0. The molecule has 0 aromatic carbocycles. The maximum atomic E-state index is 11.5. The molecule has 0 unspecified atom stereocenters. The van der Waals surface area contributed by atoms with Gasteiger partial charge in [0.2, 0.25) is 0 Å². The lowest BCUT2D eigenvalue weighted by atomic mass is 10.4. The average molecular weight is 146 g/mol. The van der Waals surface area contributed by atoms with E-state index in [0.717, 1.165) is 0 Å². The predicted molar refractivity (Wildman–Crippen MR) is 35.6 cm³/mol. The molecule has 0 saturated carbocycles. The summed E-state index contributed by atoms with van der Waals surface area (Å²) in [7, 11) is 0. The van der Waals surface area contributed by atoms with Crippen LogP contribution in [0.25, 0.3) is 0 Å². The first kappa shape index (κ1) is 8.88. The highest BCUT2D eigenvalue weighted by Gasteiger charge is 2.01. The average Bonchev–Trinajstić information content (AvgIpc) is 1.86. The van der Waals surface area contributed by atoms with Gasteiger partial charge in [0.1, 0.15) is 5.76 Å². The van der Waals surface area contributed by atoms with Crippen molar-refractivity contribution in [1.29, 1.82) is 0 Å². The van der Waals surface area contributed by atoms with Gasteiger partial charge in [0, 0.05) is 0 Å². The molecule has 0 N–H and O–H groups in total. The Bertz CT molecular complexity index is 150. The molecule has 0 aliphatic heterocycles. The van der Waals surface area contributed by atoms with Gasteiger partial charge < -0.3 is 4.74 Å². The molecule has 0 bridgehead atoms. The lowest BCUT2D eigenvalue weighted by molar-refractivity contribution is -0.0919. The van der Waals surface area contributed by atoms with Gasteiger partial charge in [-0.05, 0) is 12.2 Å². The molecule has 0 heterocycles. The van der Waals surface area contributed by atoms with E-state index in [9.17, 15) is 8.78 Å². The molecule has 0 aliphatic rings. The number of rotatable bonds is 4. The summed E-state index contributed by atoms with van der Waals surface area (Å²) in [5.74, 6) is 0.0185. The second-order valence-electron chi connectivity index (χ2n) is 1.39. The first-order chi connectivity index (χ1) is 4.70. The normalized spacial score (nSPS) is 11.3. The summed E-state index contributed by atoms with van der Waals surface area (Å²) in [6.45, 7) is 3.76. The van der Waals surface area contributed by atoms with Crippen molar-refractivity contribution in [3.05, 3.63) is 37.1 Å². The fraction of sp³-hybridized carbons (Fsp3) is 0.143. The summed E-state index contributed by atoms with van der Waals surface area (Å²) >= 11 is 0. The standard InChI is InChI=1S/C7H8F2O/c1-3-5-6(4-2)10-7(8)9/h3-5,7H,1-2H2/b6-5+. The molecule has 0 radical (unpaired) electrons. The molecule has 0 aliphatic carbocycles. The predicted octanol–water partition coefficient (Wildman–Crippen LogP) is 2.48. The van der Waals surface area contributed by atoms with Crippen LogP contribution in [0.4, 0.5) is 8.78 Å². The van der Waals surface area contributed by atoms with Gasteiger partial charge in [-0.15, -0.1) is 0 Å². The van der Waals surface area contributed by atoms with Crippen molar-refractivity contribution >= 4 is 0 Å². The smallest absolute Gasteiger partial charge is 0.387 e. The van der Waals surface area contributed by atoms with Crippen molar-refractivity contribution in [3.63, 3.8) is 0 Å². The molecular weight excluding hydrogens is 138 g/mol. The number of hydrogen-bond donors (Lipinski definition) is 0. The summed E-state index contributed by atoms with van der Waals surface area (Å²) < 4.78 is 26.9. The van der Waals surface area contributed by atoms with Gasteiger partial charge in [-0.1, -0.05) is 19.2 Å². The minimum atomic E-state index is -2.80. The van der Waals surface area contributed by atoms with E-state index < -0.39 is 6.61 Å². The van der Waals surface area contributed by atoms with Crippen LogP contribution in [0.1, 0.15) is 0 Å².